The Bertz CT molecular complexity index is 829. The number of carboxylic acid groups (broad SMARTS) is 2. The molecule has 23 heavy (non-hydrogen) atoms. The van der Waals surface area contributed by atoms with Gasteiger partial charge in [-0.25, -0.2) is 9.89 Å². The summed E-state index contributed by atoms with van der Waals surface area (Å²) in [7, 11) is 0. The summed E-state index contributed by atoms with van der Waals surface area (Å²) in [4.78, 5) is 45.1. The van der Waals surface area contributed by atoms with E-state index in [1.54, 1.807) is 24.3 Å². The zero-order valence-corrected chi connectivity index (χ0v) is 11.8. The van der Waals surface area contributed by atoms with Crippen LogP contribution in [0.25, 0.3) is 10.8 Å². The number of carboxylic acids is 2. The molecular formula is C14H13N3O6. The lowest BCUT2D eigenvalue weighted by Crippen LogP contribution is -2.43. The van der Waals surface area contributed by atoms with Crippen LogP contribution in [0.2, 0.25) is 0 Å². The number of carbonyl (C=O) groups is 3. The van der Waals surface area contributed by atoms with Gasteiger partial charge in [-0.15, -0.1) is 0 Å². The number of fused-ring (bicyclic) bond motifs is 1. The number of aromatic nitrogens is 2. The average molecular weight is 319 g/mol. The molecule has 4 N–H and O–H groups in total. The van der Waals surface area contributed by atoms with Gasteiger partial charge in [0.25, 0.3) is 5.56 Å². The van der Waals surface area contributed by atoms with Gasteiger partial charge in [-0.1, -0.05) is 18.2 Å². The van der Waals surface area contributed by atoms with Gasteiger partial charge in [-0.05, 0) is 6.07 Å². The number of nitrogens with zero attached hydrogens (tertiary/aromatic N) is 1. The largest absolute Gasteiger partial charge is 0.481 e. The standard InChI is InChI=1S/C14H13N3O6/c18-11(15-10(14(22)23)6-12(19)20)5-9-7-3-1-2-4-8(7)13(21)17-16-9/h1-4,10H,5-6H2,(H,15,18)(H,17,21)(H,19,20)(H,22,23). The van der Waals surface area contributed by atoms with E-state index in [2.05, 4.69) is 15.5 Å². The van der Waals surface area contributed by atoms with E-state index in [0.717, 1.165) is 0 Å². The molecule has 2 aromatic rings. The number of benzene rings is 1. The van der Waals surface area contributed by atoms with E-state index in [1.807, 2.05) is 0 Å². The highest BCUT2D eigenvalue weighted by molar-refractivity contribution is 5.91. The molecule has 0 aliphatic carbocycles. The van der Waals surface area contributed by atoms with Crippen molar-refractivity contribution >= 4 is 28.6 Å². The lowest BCUT2D eigenvalue weighted by atomic mass is 10.1. The third-order valence-electron chi connectivity index (χ3n) is 3.12. The molecule has 0 aliphatic heterocycles. The predicted molar refractivity (Wildman–Crippen MR) is 77.9 cm³/mol. The second kappa shape index (κ2) is 6.69. The molecule has 0 radical (unpaired) electrons. The van der Waals surface area contributed by atoms with E-state index < -0.39 is 35.9 Å². The van der Waals surface area contributed by atoms with Crippen molar-refractivity contribution in [2.75, 3.05) is 0 Å². The number of carbonyl (C=O) groups excluding carboxylic acids is 1. The van der Waals surface area contributed by atoms with Crippen molar-refractivity contribution in [1.82, 2.24) is 15.5 Å². The molecule has 1 aromatic heterocycles. The number of aliphatic carboxylic acids is 2. The molecule has 1 unspecified atom stereocenters. The molecule has 1 atom stereocenters. The lowest BCUT2D eigenvalue weighted by molar-refractivity contribution is -0.147. The molecule has 0 saturated carbocycles. The summed E-state index contributed by atoms with van der Waals surface area (Å²) >= 11 is 0. The fraction of sp³-hybridized carbons (Fsp3) is 0.214. The highest BCUT2D eigenvalue weighted by Crippen LogP contribution is 2.12. The molecule has 0 saturated heterocycles. The number of nitrogens with one attached hydrogen (secondary N) is 2. The van der Waals surface area contributed by atoms with Gasteiger partial charge in [0.05, 0.1) is 23.9 Å². The number of aromatic amines is 1. The Hall–Kier alpha value is -3.23. The SMILES string of the molecule is O=C(O)CC(NC(=O)Cc1n[nH]c(=O)c2ccccc12)C(=O)O. The third-order valence-corrected chi connectivity index (χ3v) is 3.12. The molecule has 1 amide bonds. The normalized spacial score (nSPS) is 11.8. The van der Waals surface area contributed by atoms with Crippen LogP contribution in [0.3, 0.4) is 0 Å². The van der Waals surface area contributed by atoms with Gasteiger partial charge < -0.3 is 15.5 Å². The van der Waals surface area contributed by atoms with Crippen LogP contribution < -0.4 is 10.9 Å². The molecule has 0 aliphatic rings. The quantitative estimate of drug-likeness (QED) is 0.561. The van der Waals surface area contributed by atoms with Crippen LogP contribution in [0, 0.1) is 0 Å². The zero-order chi connectivity index (χ0) is 17.0. The Morgan fingerprint density at radius 1 is 1.17 bits per heavy atom. The monoisotopic (exact) mass is 319 g/mol. The molecule has 0 spiro atoms. The molecule has 1 heterocycles. The average Bonchev–Trinajstić information content (AvgIpc) is 2.49. The van der Waals surface area contributed by atoms with E-state index in [-0.39, 0.29) is 12.1 Å². The second-order valence-electron chi connectivity index (χ2n) is 4.78. The number of rotatable bonds is 6. The van der Waals surface area contributed by atoms with Crippen molar-refractivity contribution in [3.05, 3.63) is 40.3 Å². The topological polar surface area (TPSA) is 149 Å². The van der Waals surface area contributed by atoms with E-state index in [1.165, 1.54) is 0 Å². The van der Waals surface area contributed by atoms with Crippen molar-refractivity contribution in [3.63, 3.8) is 0 Å². The molecule has 120 valence electrons. The maximum absolute atomic E-state index is 11.9. The maximum Gasteiger partial charge on any atom is 0.326 e. The third kappa shape index (κ3) is 3.90. The minimum atomic E-state index is -1.53. The van der Waals surface area contributed by atoms with Crippen molar-refractivity contribution < 1.29 is 24.6 Å². The first-order chi connectivity index (χ1) is 10.9. The zero-order valence-electron chi connectivity index (χ0n) is 11.8. The van der Waals surface area contributed by atoms with Gasteiger partial charge in [-0.2, -0.15) is 5.10 Å². The molecule has 0 bridgehead atoms. The number of H-pyrrole nitrogens is 1. The van der Waals surface area contributed by atoms with E-state index in [4.69, 9.17) is 10.2 Å². The Balaban J connectivity index is 2.20. The van der Waals surface area contributed by atoms with Crippen molar-refractivity contribution in [1.29, 1.82) is 0 Å². The van der Waals surface area contributed by atoms with Crippen LogP contribution >= 0.6 is 0 Å². The fourth-order valence-corrected chi connectivity index (χ4v) is 2.08. The van der Waals surface area contributed by atoms with Gasteiger partial charge in [0.1, 0.15) is 6.04 Å². The van der Waals surface area contributed by atoms with Crippen LogP contribution in [0.4, 0.5) is 0 Å². The van der Waals surface area contributed by atoms with E-state index in [9.17, 15) is 19.2 Å². The number of hydrogen-bond acceptors (Lipinski definition) is 5. The first kappa shape index (κ1) is 16.1. The Morgan fingerprint density at radius 2 is 1.83 bits per heavy atom. The summed E-state index contributed by atoms with van der Waals surface area (Å²) in [5.74, 6) is -3.49. The first-order valence-corrected chi connectivity index (χ1v) is 6.58. The van der Waals surface area contributed by atoms with Crippen molar-refractivity contribution in [3.8, 4) is 0 Å². The van der Waals surface area contributed by atoms with E-state index >= 15 is 0 Å². The van der Waals surface area contributed by atoms with Gasteiger partial charge in [0, 0.05) is 5.39 Å². The molecule has 9 heteroatoms. The molecule has 0 fully saturated rings. The molecule has 1 aromatic carbocycles. The summed E-state index contributed by atoms with van der Waals surface area (Å²) < 4.78 is 0. The number of hydrogen-bond donors (Lipinski definition) is 4. The van der Waals surface area contributed by atoms with Crippen LogP contribution in [0.15, 0.2) is 29.1 Å². The van der Waals surface area contributed by atoms with Crippen molar-refractivity contribution in [2.24, 2.45) is 0 Å². The Morgan fingerprint density at radius 3 is 2.43 bits per heavy atom. The van der Waals surface area contributed by atoms with Crippen LogP contribution in [-0.2, 0) is 20.8 Å². The smallest absolute Gasteiger partial charge is 0.326 e. The highest BCUT2D eigenvalue weighted by atomic mass is 16.4. The maximum atomic E-state index is 11.9. The minimum Gasteiger partial charge on any atom is -0.481 e. The Kier molecular flexibility index (Phi) is 4.69. The van der Waals surface area contributed by atoms with Gasteiger partial charge in [0.15, 0.2) is 0 Å². The van der Waals surface area contributed by atoms with Gasteiger partial charge in [0.2, 0.25) is 5.91 Å². The minimum absolute atomic E-state index is 0.261. The van der Waals surface area contributed by atoms with Crippen molar-refractivity contribution in [2.45, 2.75) is 18.9 Å². The second-order valence-corrected chi connectivity index (χ2v) is 4.78. The summed E-state index contributed by atoms with van der Waals surface area (Å²) in [6.45, 7) is 0. The highest BCUT2D eigenvalue weighted by Gasteiger charge is 2.23. The summed E-state index contributed by atoms with van der Waals surface area (Å²) in [5.41, 5.74) is -0.142. The van der Waals surface area contributed by atoms with Crippen LogP contribution in [0.1, 0.15) is 12.1 Å². The molecule has 2 rings (SSSR count). The summed E-state index contributed by atoms with van der Waals surface area (Å²) in [6.07, 6.45) is -1.03. The van der Waals surface area contributed by atoms with Crippen LogP contribution in [0.5, 0.6) is 0 Å². The van der Waals surface area contributed by atoms with E-state index in [0.29, 0.717) is 10.8 Å². The van der Waals surface area contributed by atoms with Crippen LogP contribution in [-0.4, -0.2) is 44.3 Å². The predicted octanol–water partition coefficient (Wildman–Crippen LogP) is -0.490. The van der Waals surface area contributed by atoms with Gasteiger partial charge >= 0.3 is 11.9 Å². The first-order valence-electron chi connectivity index (χ1n) is 6.58. The summed E-state index contributed by atoms with van der Waals surface area (Å²) in [5, 5.41) is 26.5. The number of amides is 1. The van der Waals surface area contributed by atoms with Gasteiger partial charge in [-0.3, -0.25) is 14.4 Å². The Labute approximate surface area is 128 Å². The fourth-order valence-electron chi connectivity index (χ4n) is 2.08. The summed E-state index contributed by atoms with van der Waals surface area (Å²) in [6, 6.07) is 4.99. The molecular weight excluding hydrogens is 306 g/mol. The lowest BCUT2D eigenvalue weighted by Gasteiger charge is -2.12. The molecule has 9 nitrogen and oxygen atoms in total.